The molecule has 3 heterocycles. The lowest BCUT2D eigenvalue weighted by molar-refractivity contribution is -0.129. The summed E-state index contributed by atoms with van der Waals surface area (Å²) in [4.78, 5) is 31.8. The van der Waals surface area contributed by atoms with E-state index in [0.29, 0.717) is 38.2 Å². The minimum Gasteiger partial charge on any atom is -0.367 e. The third-order valence-electron chi connectivity index (χ3n) is 4.64. The first-order valence-corrected chi connectivity index (χ1v) is 10.1. The van der Waals surface area contributed by atoms with E-state index in [9.17, 15) is 18.0 Å². The van der Waals surface area contributed by atoms with Crippen molar-refractivity contribution in [2.45, 2.75) is 19.4 Å². The van der Waals surface area contributed by atoms with Crippen LogP contribution in [0.15, 0.2) is 18.5 Å². The van der Waals surface area contributed by atoms with Crippen LogP contribution in [0.4, 0.5) is 5.69 Å². The number of hydrogen-bond acceptors (Lipinski definition) is 6. The van der Waals surface area contributed by atoms with Crippen LogP contribution in [-0.2, 0) is 14.6 Å². The second kappa shape index (κ2) is 6.99. The van der Waals surface area contributed by atoms with Crippen LogP contribution < -0.4 is 10.2 Å². The fourth-order valence-electron chi connectivity index (χ4n) is 3.18. The molecule has 1 aromatic rings. The quantitative estimate of drug-likeness (QED) is 0.786. The molecule has 2 aliphatic heterocycles. The Morgan fingerprint density at radius 2 is 1.92 bits per heavy atom. The van der Waals surface area contributed by atoms with Crippen LogP contribution in [0, 0.1) is 0 Å². The molecule has 2 fully saturated rings. The van der Waals surface area contributed by atoms with Crippen molar-refractivity contribution in [1.82, 2.24) is 15.2 Å². The molecule has 0 aliphatic carbocycles. The molecule has 0 spiro atoms. The maximum atomic E-state index is 12.4. The Labute approximate surface area is 147 Å². The van der Waals surface area contributed by atoms with E-state index in [1.807, 2.05) is 0 Å². The van der Waals surface area contributed by atoms with Gasteiger partial charge >= 0.3 is 0 Å². The largest absolute Gasteiger partial charge is 0.367 e. The summed E-state index contributed by atoms with van der Waals surface area (Å²) in [7, 11) is -3.03. The fourth-order valence-corrected chi connectivity index (χ4v) is 4.86. The number of sulfone groups is 1. The van der Waals surface area contributed by atoms with E-state index >= 15 is 0 Å². The van der Waals surface area contributed by atoms with Gasteiger partial charge in [-0.3, -0.25) is 14.6 Å². The van der Waals surface area contributed by atoms with E-state index in [2.05, 4.69) is 15.2 Å². The van der Waals surface area contributed by atoms with Gasteiger partial charge in [0.2, 0.25) is 5.91 Å². The Kier molecular flexibility index (Phi) is 4.94. The first kappa shape index (κ1) is 17.7. The Balaban J connectivity index is 1.63. The molecule has 1 N–H and O–H groups in total. The number of carbonyl (C=O) groups excluding carboxylic acids is 2. The minimum atomic E-state index is -3.03. The summed E-state index contributed by atoms with van der Waals surface area (Å²) in [5, 5.41) is 2.77. The molecular weight excluding hydrogens is 344 g/mol. The number of amides is 2. The number of nitrogens with zero attached hydrogens (tertiary/aromatic N) is 3. The lowest BCUT2D eigenvalue weighted by Gasteiger charge is -2.35. The third-order valence-corrected chi connectivity index (χ3v) is 6.41. The Morgan fingerprint density at radius 3 is 2.52 bits per heavy atom. The zero-order chi connectivity index (χ0) is 18.0. The van der Waals surface area contributed by atoms with E-state index in [-0.39, 0.29) is 29.4 Å². The van der Waals surface area contributed by atoms with E-state index in [4.69, 9.17) is 0 Å². The molecule has 0 bridgehead atoms. The second-order valence-corrected chi connectivity index (χ2v) is 8.73. The SMILES string of the molecule is CC(=O)N1CCN(c2cncc(C(=O)NC3CCS(=O)(=O)C3)c2)CC1. The lowest BCUT2D eigenvalue weighted by atomic mass is 10.2. The van der Waals surface area contributed by atoms with Crippen LogP contribution >= 0.6 is 0 Å². The zero-order valence-electron chi connectivity index (χ0n) is 14.1. The molecule has 2 amide bonds. The summed E-state index contributed by atoms with van der Waals surface area (Å²) in [6, 6.07) is 1.43. The molecule has 25 heavy (non-hydrogen) atoms. The molecule has 1 unspecified atom stereocenters. The van der Waals surface area contributed by atoms with Crippen molar-refractivity contribution < 1.29 is 18.0 Å². The van der Waals surface area contributed by atoms with Crippen molar-refractivity contribution in [2.75, 3.05) is 42.6 Å². The van der Waals surface area contributed by atoms with Crippen LogP contribution in [0.25, 0.3) is 0 Å². The monoisotopic (exact) mass is 366 g/mol. The van der Waals surface area contributed by atoms with Gasteiger partial charge in [0.15, 0.2) is 9.84 Å². The smallest absolute Gasteiger partial charge is 0.253 e. The summed E-state index contributed by atoms with van der Waals surface area (Å²) in [6.45, 7) is 4.23. The van der Waals surface area contributed by atoms with Crippen LogP contribution in [0.1, 0.15) is 23.7 Å². The minimum absolute atomic E-state index is 0.00113. The number of hydrogen-bond donors (Lipinski definition) is 1. The molecule has 1 aromatic heterocycles. The number of piperazine rings is 1. The molecule has 2 aliphatic rings. The van der Waals surface area contributed by atoms with Crippen LogP contribution in [-0.4, -0.2) is 73.8 Å². The Hall–Kier alpha value is -2.16. The Bertz CT molecular complexity index is 772. The van der Waals surface area contributed by atoms with Gasteiger partial charge in [-0.2, -0.15) is 0 Å². The van der Waals surface area contributed by atoms with Gasteiger partial charge in [-0.05, 0) is 12.5 Å². The Morgan fingerprint density at radius 1 is 1.20 bits per heavy atom. The summed E-state index contributed by atoms with van der Waals surface area (Å²) < 4.78 is 23.0. The number of carbonyl (C=O) groups is 2. The molecule has 9 heteroatoms. The second-order valence-electron chi connectivity index (χ2n) is 6.50. The molecule has 2 saturated heterocycles. The molecule has 0 saturated carbocycles. The van der Waals surface area contributed by atoms with Crippen molar-refractivity contribution >= 4 is 27.3 Å². The molecule has 3 rings (SSSR count). The molecule has 136 valence electrons. The first-order chi connectivity index (χ1) is 11.8. The number of aromatic nitrogens is 1. The summed E-state index contributed by atoms with van der Waals surface area (Å²) >= 11 is 0. The standard InChI is InChI=1S/C16H22N4O4S/c1-12(21)19-3-5-20(6-4-19)15-8-13(9-17-10-15)16(22)18-14-2-7-25(23,24)11-14/h8-10,14H,2-7,11H2,1H3,(H,18,22). The fraction of sp³-hybridized carbons (Fsp3) is 0.562. The number of nitrogens with one attached hydrogen (secondary N) is 1. The third kappa shape index (κ3) is 4.28. The van der Waals surface area contributed by atoms with Crippen molar-refractivity contribution in [3.63, 3.8) is 0 Å². The van der Waals surface area contributed by atoms with E-state index < -0.39 is 9.84 Å². The van der Waals surface area contributed by atoms with Crippen LogP contribution in [0.5, 0.6) is 0 Å². The highest BCUT2D eigenvalue weighted by atomic mass is 32.2. The van der Waals surface area contributed by atoms with Crippen molar-refractivity contribution in [1.29, 1.82) is 0 Å². The van der Waals surface area contributed by atoms with Crippen molar-refractivity contribution in [3.8, 4) is 0 Å². The molecule has 8 nitrogen and oxygen atoms in total. The van der Waals surface area contributed by atoms with Crippen molar-refractivity contribution in [2.24, 2.45) is 0 Å². The van der Waals surface area contributed by atoms with Crippen LogP contribution in [0.2, 0.25) is 0 Å². The first-order valence-electron chi connectivity index (χ1n) is 8.31. The average Bonchev–Trinajstić information content (AvgIpc) is 2.93. The van der Waals surface area contributed by atoms with Gasteiger partial charge in [0.05, 0.1) is 29.0 Å². The van der Waals surface area contributed by atoms with E-state index in [1.54, 1.807) is 24.1 Å². The normalized spacial score (nSPS) is 22.7. The zero-order valence-corrected chi connectivity index (χ0v) is 15.0. The number of rotatable bonds is 3. The predicted molar refractivity (Wildman–Crippen MR) is 93.2 cm³/mol. The van der Waals surface area contributed by atoms with Gasteiger partial charge in [0.1, 0.15) is 0 Å². The summed E-state index contributed by atoms with van der Waals surface area (Å²) in [5.41, 5.74) is 1.24. The van der Waals surface area contributed by atoms with Crippen LogP contribution in [0.3, 0.4) is 0 Å². The van der Waals surface area contributed by atoms with E-state index in [0.717, 1.165) is 5.69 Å². The van der Waals surface area contributed by atoms with Gasteiger partial charge in [-0.25, -0.2) is 8.42 Å². The van der Waals surface area contributed by atoms with Crippen molar-refractivity contribution in [3.05, 3.63) is 24.0 Å². The number of pyridine rings is 1. The van der Waals surface area contributed by atoms with Gasteiger partial charge in [-0.15, -0.1) is 0 Å². The maximum Gasteiger partial charge on any atom is 0.253 e. The van der Waals surface area contributed by atoms with Gasteiger partial charge < -0.3 is 15.1 Å². The highest BCUT2D eigenvalue weighted by Crippen LogP contribution is 2.18. The molecule has 0 aromatic carbocycles. The lowest BCUT2D eigenvalue weighted by Crippen LogP contribution is -2.48. The molecule has 0 radical (unpaired) electrons. The average molecular weight is 366 g/mol. The topological polar surface area (TPSA) is 99.7 Å². The molecular formula is C16H22N4O4S. The highest BCUT2D eigenvalue weighted by molar-refractivity contribution is 7.91. The molecule has 1 atom stereocenters. The predicted octanol–water partition coefficient (Wildman–Crippen LogP) is -0.333. The van der Waals surface area contributed by atoms with Gasteiger partial charge in [0, 0.05) is 45.3 Å². The van der Waals surface area contributed by atoms with E-state index in [1.165, 1.54) is 6.20 Å². The highest BCUT2D eigenvalue weighted by Gasteiger charge is 2.29. The summed E-state index contributed by atoms with van der Waals surface area (Å²) in [5.74, 6) is -0.119. The number of anilines is 1. The summed E-state index contributed by atoms with van der Waals surface area (Å²) in [6.07, 6.45) is 3.63. The van der Waals surface area contributed by atoms with Gasteiger partial charge in [0.25, 0.3) is 5.91 Å². The van der Waals surface area contributed by atoms with Gasteiger partial charge in [-0.1, -0.05) is 0 Å². The maximum absolute atomic E-state index is 12.4.